The van der Waals surface area contributed by atoms with Gasteiger partial charge in [-0.15, -0.1) is 0 Å². The Morgan fingerprint density at radius 2 is 0.489 bits per heavy atom. The summed E-state index contributed by atoms with van der Waals surface area (Å²) in [6.45, 7) is 6.72. The van der Waals surface area contributed by atoms with Crippen LogP contribution in [0.1, 0.15) is 233 Å². The van der Waals surface area contributed by atoms with Gasteiger partial charge in [-0.1, -0.05) is 40.0 Å². The molecule has 0 heterocycles. The Morgan fingerprint density at radius 1 is 0.319 bits per heavy atom. The minimum Gasteiger partial charge on any atom is -0.0654 e. The molecule has 0 aliphatic carbocycles. The predicted octanol–water partition coefficient (Wildman–Crippen LogP) is 13.1. The minimum absolute atomic E-state index is 0.273. The van der Waals surface area contributed by atoms with E-state index < -0.39 is 37.5 Å². The summed E-state index contributed by atoms with van der Waals surface area (Å²) < 4.78 is 17.2. The molecule has 0 N–H and O–H groups in total. The molecule has 278 valence electrons. The summed E-state index contributed by atoms with van der Waals surface area (Å²) in [6, 6.07) is 0. The van der Waals surface area contributed by atoms with Gasteiger partial charge in [-0.05, 0) is 0 Å². The number of unbranched alkanes of at least 4 members (excludes halogenated alkanes) is 27. The van der Waals surface area contributed by atoms with E-state index in [1.165, 1.54) is 135 Å². The molecule has 7 heteroatoms. The number of hydrogen-bond donors (Lipinski definition) is 0. The smallest absolute Gasteiger partial charge is 0.0654 e. The summed E-state index contributed by atoms with van der Waals surface area (Å²) in [5.74, 6) is -1.20. The van der Waals surface area contributed by atoms with Crippen molar-refractivity contribution in [1.29, 1.82) is 0 Å². The van der Waals surface area contributed by atoms with Crippen LogP contribution in [0.2, 0.25) is 4.94 Å². The molecule has 6 nitrogen and oxygen atoms in total. The van der Waals surface area contributed by atoms with Crippen molar-refractivity contribution in [1.82, 2.24) is 0 Å². The van der Waals surface area contributed by atoms with E-state index in [9.17, 15) is 14.4 Å². The van der Waals surface area contributed by atoms with Gasteiger partial charge in [-0.25, -0.2) is 0 Å². The van der Waals surface area contributed by atoms with E-state index in [0.29, 0.717) is 0 Å². The fourth-order valence-corrected chi connectivity index (χ4v) is 10.9. The minimum atomic E-state index is -4.68. The summed E-state index contributed by atoms with van der Waals surface area (Å²) in [4.78, 5) is 40.0. The Morgan fingerprint density at radius 3 is 0.681 bits per heavy atom. The summed E-state index contributed by atoms with van der Waals surface area (Å²) in [5, 5.41) is 0. The zero-order valence-corrected chi connectivity index (χ0v) is 34.6. The SMILES string of the molecule is CCCCCCCCCCCCC(=O)[O][Sn]([CH3])([O]C(=O)CCCCCCCCCCCC)[O]C(=O)CCCCCCCCCCCC. The Balaban J connectivity index is 4.54. The number of carbonyl (C=O) groups excluding carboxylic acids is 3. The zero-order chi connectivity index (χ0) is 34.7. The average Bonchev–Trinajstić information content (AvgIpc) is 3.03. The van der Waals surface area contributed by atoms with Gasteiger partial charge in [0.1, 0.15) is 0 Å². The molecule has 0 saturated heterocycles. The molecule has 0 rings (SSSR count). The van der Waals surface area contributed by atoms with Crippen LogP contribution in [-0.2, 0) is 23.6 Å². The Hall–Kier alpha value is -0.791. The van der Waals surface area contributed by atoms with Gasteiger partial charge < -0.3 is 0 Å². The third-order valence-electron chi connectivity index (χ3n) is 9.10. The molecule has 0 bridgehead atoms. The first-order valence-corrected chi connectivity index (χ1v) is 26.9. The van der Waals surface area contributed by atoms with Crippen molar-refractivity contribution in [2.45, 2.75) is 238 Å². The van der Waals surface area contributed by atoms with Gasteiger partial charge in [0.2, 0.25) is 0 Å². The molecule has 0 unspecified atom stereocenters. The topological polar surface area (TPSA) is 78.9 Å². The second kappa shape index (κ2) is 35.0. The first-order valence-electron chi connectivity index (χ1n) is 20.5. The number of carbonyl (C=O) groups is 3. The molecule has 0 aromatic rings. The number of rotatable bonds is 36. The van der Waals surface area contributed by atoms with E-state index in [0.717, 1.165) is 57.8 Å². The maximum atomic E-state index is 12.8. The summed E-state index contributed by atoms with van der Waals surface area (Å²) in [6.07, 6.45) is 36.4. The van der Waals surface area contributed by atoms with Crippen LogP contribution in [0.5, 0.6) is 0 Å². The van der Waals surface area contributed by atoms with Gasteiger partial charge in [0.25, 0.3) is 0 Å². The molecular formula is C40H78O6Sn. The van der Waals surface area contributed by atoms with Crippen molar-refractivity contribution < 1.29 is 23.6 Å². The van der Waals surface area contributed by atoms with Gasteiger partial charge in [0, 0.05) is 0 Å². The van der Waals surface area contributed by atoms with Crippen LogP contribution in [0.3, 0.4) is 0 Å². The monoisotopic (exact) mass is 774 g/mol. The van der Waals surface area contributed by atoms with Crippen molar-refractivity contribution in [3.8, 4) is 0 Å². The van der Waals surface area contributed by atoms with Crippen LogP contribution in [0.25, 0.3) is 0 Å². The van der Waals surface area contributed by atoms with Gasteiger partial charge >= 0.3 is 259 Å². The molecule has 0 aliphatic rings. The van der Waals surface area contributed by atoms with E-state index in [1.807, 2.05) is 0 Å². The van der Waals surface area contributed by atoms with Gasteiger partial charge in [-0.2, -0.15) is 0 Å². The molecule has 0 aromatic heterocycles. The fourth-order valence-electron chi connectivity index (χ4n) is 6.11. The molecule has 47 heavy (non-hydrogen) atoms. The van der Waals surface area contributed by atoms with Gasteiger partial charge in [-0.3, -0.25) is 0 Å². The first kappa shape index (κ1) is 46.2. The van der Waals surface area contributed by atoms with Crippen LogP contribution in [-0.4, -0.2) is 37.5 Å². The summed E-state index contributed by atoms with van der Waals surface area (Å²) in [5.41, 5.74) is 0. The van der Waals surface area contributed by atoms with Crippen LogP contribution < -0.4 is 0 Å². The fraction of sp³-hybridized carbons (Fsp3) is 0.925. The van der Waals surface area contributed by atoms with Crippen molar-refractivity contribution in [2.75, 3.05) is 0 Å². The van der Waals surface area contributed by atoms with Crippen molar-refractivity contribution in [2.24, 2.45) is 0 Å². The molecule has 0 spiro atoms. The number of hydrogen-bond acceptors (Lipinski definition) is 6. The van der Waals surface area contributed by atoms with E-state index in [-0.39, 0.29) is 19.3 Å². The Labute approximate surface area is 297 Å². The quantitative estimate of drug-likeness (QED) is 0.0466. The zero-order valence-electron chi connectivity index (χ0n) is 31.8. The predicted molar refractivity (Wildman–Crippen MR) is 199 cm³/mol. The van der Waals surface area contributed by atoms with Crippen molar-refractivity contribution in [3.05, 3.63) is 0 Å². The molecular weight excluding hydrogens is 695 g/mol. The molecule has 0 radical (unpaired) electrons. The average molecular weight is 774 g/mol. The third-order valence-corrected chi connectivity index (χ3v) is 14.2. The molecule has 0 aromatic carbocycles. The molecule has 0 saturated carbocycles. The molecule has 0 fully saturated rings. The van der Waals surface area contributed by atoms with E-state index in [4.69, 9.17) is 9.22 Å². The van der Waals surface area contributed by atoms with Gasteiger partial charge in [0.15, 0.2) is 0 Å². The van der Waals surface area contributed by atoms with Crippen molar-refractivity contribution in [3.63, 3.8) is 0 Å². The van der Waals surface area contributed by atoms with Crippen LogP contribution in [0, 0.1) is 0 Å². The van der Waals surface area contributed by atoms with Crippen LogP contribution in [0.4, 0.5) is 0 Å². The second-order valence-corrected chi connectivity index (χ2v) is 20.8. The molecule has 0 aliphatic heterocycles. The van der Waals surface area contributed by atoms with E-state index in [2.05, 4.69) is 20.8 Å². The second-order valence-electron chi connectivity index (χ2n) is 14.1. The summed E-state index contributed by atoms with van der Waals surface area (Å²) in [7, 11) is 0. The standard InChI is InChI=1S/3C13H26O2.CH3.Sn/c3*1-2-3-4-5-6-7-8-9-10-11-12-13(14)15;;/h3*2-12H2,1H3,(H,14,15);1H3;/q;;;;+3/p-3. The van der Waals surface area contributed by atoms with Crippen LogP contribution in [0.15, 0.2) is 0 Å². The normalized spacial score (nSPS) is 11.5. The summed E-state index contributed by atoms with van der Waals surface area (Å²) >= 11 is -4.68. The van der Waals surface area contributed by atoms with Crippen LogP contribution >= 0.6 is 0 Å². The molecule has 0 amide bonds. The van der Waals surface area contributed by atoms with Crippen molar-refractivity contribution >= 4 is 37.5 Å². The van der Waals surface area contributed by atoms with E-state index >= 15 is 0 Å². The van der Waals surface area contributed by atoms with E-state index in [1.54, 1.807) is 4.94 Å². The van der Waals surface area contributed by atoms with Gasteiger partial charge in [0.05, 0.1) is 0 Å². The Kier molecular flexibility index (Phi) is 34.5. The maximum absolute atomic E-state index is 12.8. The third kappa shape index (κ3) is 33.5. The first-order chi connectivity index (χ1) is 22.9. The Bertz CT molecular complexity index is 634. The molecule has 0 atom stereocenters.